The molecular formula is C14H19N3OS. The van der Waals surface area contributed by atoms with Gasteiger partial charge in [0.2, 0.25) is 0 Å². The molecule has 0 spiro atoms. The van der Waals surface area contributed by atoms with Gasteiger partial charge in [0.1, 0.15) is 33.6 Å². The van der Waals surface area contributed by atoms with Crippen LogP contribution in [0, 0.1) is 11.3 Å². The lowest BCUT2D eigenvalue weighted by atomic mass is 9.96. The standard InChI is InChI=1S/C14H19N3OS/c1-14(2,3)19(18)16-12-6-5-7-13-11(12)8-10(9-15)17(13)4/h8H,5-7H2,1-4H3. The van der Waals surface area contributed by atoms with Crippen LogP contribution in [-0.4, -0.2) is 19.6 Å². The zero-order chi connectivity index (χ0) is 14.2. The third-order valence-corrected chi connectivity index (χ3v) is 4.76. The first-order chi connectivity index (χ1) is 8.84. The molecule has 0 saturated heterocycles. The minimum absolute atomic E-state index is 0.350. The molecule has 0 amide bonds. The predicted octanol–water partition coefficient (Wildman–Crippen LogP) is 2.48. The average molecular weight is 277 g/mol. The number of nitriles is 1. The van der Waals surface area contributed by atoms with E-state index in [2.05, 4.69) is 10.5 Å². The van der Waals surface area contributed by atoms with Gasteiger partial charge >= 0.3 is 0 Å². The van der Waals surface area contributed by atoms with Crippen molar-refractivity contribution in [2.75, 3.05) is 0 Å². The summed E-state index contributed by atoms with van der Waals surface area (Å²) < 4.78 is 18.1. The van der Waals surface area contributed by atoms with Gasteiger partial charge in [0.25, 0.3) is 0 Å². The molecule has 4 nitrogen and oxygen atoms in total. The summed E-state index contributed by atoms with van der Waals surface area (Å²) in [6, 6.07) is 4.06. The fraction of sp³-hybridized carbons (Fsp3) is 0.571. The second-order valence-electron chi connectivity index (χ2n) is 5.81. The number of hydrogen-bond acceptors (Lipinski definition) is 3. The van der Waals surface area contributed by atoms with Crippen molar-refractivity contribution in [2.24, 2.45) is 11.4 Å². The summed E-state index contributed by atoms with van der Waals surface area (Å²) in [5.41, 5.74) is 3.66. The summed E-state index contributed by atoms with van der Waals surface area (Å²) in [7, 11) is 1.90. The molecule has 0 N–H and O–H groups in total. The van der Waals surface area contributed by atoms with E-state index >= 15 is 0 Å². The molecule has 1 atom stereocenters. The van der Waals surface area contributed by atoms with Crippen molar-refractivity contribution in [3.8, 4) is 6.07 Å². The maximum atomic E-state index is 12.2. The maximum absolute atomic E-state index is 12.2. The van der Waals surface area contributed by atoms with Crippen LogP contribution in [0.3, 0.4) is 0 Å². The zero-order valence-corrected chi connectivity index (χ0v) is 12.7. The van der Waals surface area contributed by atoms with Gasteiger partial charge in [-0.15, -0.1) is 0 Å². The van der Waals surface area contributed by atoms with Gasteiger partial charge in [0.15, 0.2) is 0 Å². The first kappa shape index (κ1) is 14.2. The lowest BCUT2D eigenvalue weighted by Crippen LogP contribution is -2.27. The van der Waals surface area contributed by atoms with Crippen molar-refractivity contribution in [1.82, 2.24) is 4.57 Å². The molecule has 1 heterocycles. The predicted molar refractivity (Wildman–Crippen MR) is 77.5 cm³/mol. The van der Waals surface area contributed by atoms with Gasteiger partial charge in [-0.2, -0.15) is 5.26 Å². The number of hydrogen-bond donors (Lipinski definition) is 0. The first-order valence-corrected chi connectivity index (χ1v) is 7.54. The monoisotopic (exact) mass is 277 g/mol. The van der Waals surface area contributed by atoms with Crippen LogP contribution in [0.5, 0.6) is 0 Å². The van der Waals surface area contributed by atoms with Crippen LogP contribution in [0.25, 0.3) is 0 Å². The van der Waals surface area contributed by atoms with Crippen molar-refractivity contribution in [1.29, 1.82) is 5.26 Å². The quantitative estimate of drug-likeness (QED) is 0.740. The van der Waals surface area contributed by atoms with Crippen molar-refractivity contribution in [3.05, 3.63) is 23.0 Å². The van der Waals surface area contributed by atoms with Crippen LogP contribution in [-0.2, 0) is 24.8 Å². The Hall–Kier alpha value is -1.25. The molecule has 0 aliphatic heterocycles. The van der Waals surface area contributed by atoms with E-state index in [9.17, 15) is 4.55 Å². The van der Waals surface area contributed by atoms with Gasteiger partial charge in [-0.25, -0.2) is 0 Å². The molecule has 1 aromatic rings. The number of rotatable bonds is 1. The Morgan fingerprint density at radius 3 is 2.68 bits per heavy atom. The maximum Gasteiger partial charge on any atom is 0.144 e. The summed E-state index contributed by atoms with van der Waals surface area (Å²) in [5.74, 6) is 0. The third kappa shape index (κ3) is 2.70. The van der Waals surface area contributed by atoms with Crippen LogP contribution >= 0.6 is 0 Å². The van der Waals surface area contributed by atoms with Gasteiger partial charge < -0.3 is 9.12 Å². The van der Waals surface area contributed by atoms with E-state index in [0.717, 1.165) is 36.2 Å². The van der Waals surface area contributed by atoms with Crippen molar-refractivity contribution < 1.29 is 4.55 Å². The van der Waals surface area contributed by atoms with Crippen molar-refractivity contribution in [2.45, 2.75) is 44.8 Å². The molecule has 1 aliphatic rings. The Kier molecular flexibility index (Phi) is 3.75. The van der Waals surface area contributed by atoms with Gasteiger partial charge in [0, 0.05) is 18.3 Å². The first-order valence-electron chi connectivity index (χ1n) is 6.43. The Morgan fingerprint density at radius 1 is 1.42 bits per heavy atom. The average Bonchev–Trinajstić information content (AvgIpc) is 2.66. The number of aromatic nitrogens is 1. The normalized spacial score (nSPS) is 19.1. The van der Waals surface area contributed by atoms with Gasteiger partial charge in [0.05, 0.1) is 0 Å². The van der Waals surface area contributed by atoms with Crippen molar-refractivity contribution >= 4 is 17.1 Å². The highest BCUT2D eigenvalue weighted by Crippen LogP contribution is 2.27. The Bertz CT molecular complexity index is 560. The Morgan fingerprint density at radius 2 is 2.11 bits per heavy atom. The molecule has 0 aromatic carbocycles. The highest BCUT2D eigenvalue weighted by atomic mass is 32.2. The van der Waals surface area contributed by atoms with E-state index in [1.807, 2.05) is 38.5 Å². The molecule has 1 unspecified atom stereocenters. The van der Waals surface area contributed by atoms with Gasteiger partial charge in [-0.1, -0.05) is 4.40 Å². The molecular weight excluding hydrogens is 258 g/mol. The Labute approximate surface area is 117 Å². The summed E-state index contributed by atoms with van der Waals surface area (Å²) in [5, 5.41) is 9.09. The molecule has 5 heteroatoms. The molecule has 0 radical (unpaired) electrons. The van der Waals surface area contributed by atoms with Gasteiger partial charge in [-0.05, 0) is 46.1 Å². The van der Waals surface area contributed by atoms with E-state index in [0.29, 0.717) is 5.69 Å². The smallest absolute Gasteiger partial charge is 0.144 e. The molecule has 0 saturated carbocycles. The van der Waals surface area contributed by atoms with Crippen LogP contribution in [0.1, 0.15) is 50.6 Å². The van der Waals surface area contributed by atoms with E-state index < -0.39 is 11.4 Å². The van der Waals surface area contributed by atoms with Crippen molar-refractivity contribution in [3.63, 3.8) is 0 Å². The second kappa shape index (κ2) is 5.03. The van der Waals surface area contributed by atoms with E-state index in [1.54, 1.807) is 0 Å². The third-order valence-electron chi connectivity index (χ3n) is 3.33. The summed E-state index contributed by atoms with van der Waals surface area (Å²) in [4.78, 5) is 0. The van der Waals surface area contributed by atoms with Crippen LogP contribution in [0.15, 0.2) is 10.5 Å². The lowest BCUT2D eigenvalue weighted by Gasteiger charge is -2.21. The minimum Gasteiger partial charge on any atom is -0.591 e. The minimum atomic E-state index is -1.25. The topological polar surface area (TPSA) is 64.1 Å². The summed E-state index contributed by atoms with van der Waals surface area (Å²) in [6.45, 7) is 5.76. The Balaban J connectivity index is 2.44. The molecule has 2 rings (SSSR count). The fourth-order valence-corrected chi connectivity index (χ4v) is 2.86. The van der Waals surface area contributed by atoms with E-state index in [-0.39, 0.29) is 4.75 Å². The highest BCUT2D eigenvalue weighted by Gasteiger charge is 2.29. The van der Waals surface area contributed by atoms with Gasteiger partial charge in [-0.3, -0.25) is 0 Å². The molecule has 102 valence electrons. The van der Waals surface area contributed by atoms with E-state index in [4.69, 9.17) is 5.26 Å². The molecule has 19 heavy (non-hydrogen) atoms. The molecule has 1 aromatic heterocycles. The summed E-state index contributed by atoms with van der Waals surface area (Å²) in [6.07, 6.45) is 2.79. The van der Waals surface area contributed by atoms with Crippen LogP contribution in [0.4, 0.5) is 0 Å². The van der Waals surface area contributed by atoms with E-state index in [1.165, 1.54) is 0 Å². The molecule has 0 bridgehead atoms. The zero-order valence-electron chi connectivity index (χ0n) is 11.9. The largest absolute Gasteiger partial charge is 0.591 e. The number of fused-ring (bicyclic) bond motifs is 1. The second-order valence-corrected chi connectivity index (χ2v) is 7.72. The summed E-state index contributed by atoms with van der Waals surface area (Å²) >= 11 is -1.25. The molecule has 0 fully saturated rings. The highest BCUT2D eigenvalue weighted by molar-refractivity contribution is 7.91. The molecule has 1 aliphatic carbocycles. The number of nitrogens with zero attached hydrogens (tertiary/aromatic N) is 3. The SMILES string of the molecule is Cn1c(C#N)cc2c1CCCC2=N[S+]([O-])C(C)(C)C. The van der Waals surface area contributed by atoms with Crippen LogP contribution in [0.2, 0.25) is 0 Å². The fourth-order valence-electron chi connectivity index (χ4n) is 2.19. The lowest BCUT2D eigenvalue weighted by molar-refractivity contribution is 0.561. The van der Waals surface area contributed by atoms with Crippen LogP contribution < -0.4 is 0 Å².